The lowest BCUT2D eigenvalue weighted by Gasteiger charge is -1.95. The zero-order valence-corrected chi connectivity index (χ0v) is 6.76. The molecule has 2 heteroatoms. The minimum Gasteiger partial charge on any atom is -0.128 e. The van der Waals surface area contributed by atoms with Gasteiger partial charge in [-0.2, -0.15) is 0 Å². The molecular weight excluding hydrogens is 148 g/mol. The lowest BCUT2D eigenvalue weighted by atomic mass is 10.4. The van der Waals surface area contributed by atoms with Crippen LogP contribution in [-0.4, -0.2) is 6.26 Å². The highest BCUT2D eigenvalue weighted by atomic mass is 32.2. The molecule has 0 aliphatic rings. The Bertz CT molecular complexity index is 196. The Labute approximate surface area is 65.1 Å². The third-order valence-electron chi connectivity index (χ3n) is 1.07. The Morgan fingerprint density at radius 2 is 2.00 bits per heavy atom. The van der Waals surface area contributed by atoms with Gasteiger partial charge in [-0.05, 0) is 18.4 Å². The molecule has 1 aromatic carbocycles. The van der Waals surface area contributed by atoms with E-state index in [-0.39, 0.29) is 0 Å². The normalized spacial score (nSPS) is 9.44. The molecule has 0 bridgehead atoms. The maximum Gasteiger partial charge on any atom is 0.0512 e. The van der Waals surface area contributed by atoms with E-state index in [9.17, 15) is 0 Å². The van der Waals surface area contributed by atoms with Gasteiger partial charge in [0, 0.05) is 4.90 Å². The van der Waals surface area contributed by atoms with Gasteiger partial charge in [0.25, 0.3) is 0 Å². The van der Waals surface area contributed by atoms with Crippen molar-refractivity contribution in [3.63, 3.8) is 0 Å². The molecule has 1 rings (SSSR count). The van der Waals surface area contributed by atoms with Crippen LogP contribution in [0.2, 0.25) is 0 Å². The van der Waals surface area contributed by atoms with E-state index in [2.05, 4.69) is 0 Å². The molecule has 1 aromatic rings. The second-order valence-electron chi connectivity index (χ2n) is 1.65. The van der Waals surface area contributed by atoms with Crippen molar-refractivity contribution in [2.45, 2.75) is 9.79 Å². The smallest absolute Gasteiger partial charge is 0.0512 e. The minimum atomic E-state index is 0.949. The molecule has 0 aromatic heterocycles. The molecule has 0 nitrogen and oxygen atoms in total. The van der Waals surface area contributed by atoms with Crippen LogP contribution in [-0.2, 0) is 0 Å². The first-order valence-electron chi connectivity index (χ1n) is 2.64. The van der Waals surface area contributed by atoms with Crippen molar-refractivity contribution < 1.29 is 0 Å². The average molecular weight is 155 g/mol. The molecule has 0 saturated heterocycles. The van der Waals surface area contributed by atoms with Crippen LogP contribution in [0, 0.1) is 0 Å². The summed E-state index contributed by atoms with van der Waals surface area (Å²) < 4.78 is 0. The van der Waals surface area contributed by atoms with Gasteiger partial charge in [-0.3, -0.25) is 0 Å². The van der Waals surface area contributed by atoms with Crippen LogP contribution in [0.1, 0.15) is 0 Å². The fourth-order valence-electron chi connectivity index (χ4n) is 0.619. The Balaban J connectivity index is 3.01. The number of hydrogen-bond acceptors (Lipinski definition) is 1. The molecule has 9 heavy (non-hydrogen) atoms. The Morgan fingerprint density at radius 1 is 1.33 bits per heavy atom. The third-order valence-corrected chi connectivity index (χ3v) is 2.35. The van der Waals surface area contributed by atoms with Crippen molar-refractivity contribution in [1.82, 2.24) is 0 Å². The summed E-state index contributed by atoms with van der Waals surface area (Å²) in [7, 11) is 0. The van der Waals surface area contributed by atoms with Crippen molar-refractivity contribution in [2.24, 2.45) is 0 Å². The number of rotatable bonds is 1. The highest BCUT2D eigenvalue weighted by molar-refractivity contribution is 7.99. The van der Waals surface area contributed by atoms with Crippen LogP contribution in [0.5, 0.6) is 0 Å². The highest BCUT2D eigenvalue weighted by Crippen LogP contribution is 2.21. The second-order valence-corrected chi connectivity index (χ2v) is 2.94. The zero-order chi connectivity index (χ0) is 6.69. The van der Waals surface area contributed by atoms with Gasteiger partial charge in [0.05, 0.1) is 4.90 Å². The standard InChI is InChI=1S/C7H7S2/c1-9-7-5-3-2-4-6(7)8/h2-5H,1H3. The van der Waals surface area contributed by atoms with Crippen LogP contribution in [0.4, 0.5) is 0 Å². The first-order chi connectivity index (χ1) is 4.34. The van der Waals surface area contributed by atoms with Gasteiger partial charge in [-0.1, -0.05) is 24.8 Å². The monoisotopic (exact) mass is 155 g/mol. The summed E-state index contributed by atoms with van der Waals surface area (Å²) in [6.07, 6.45) is 2.03. The van der Waals surface area contributed by atoms with Crippen molar-refractivity contribution in [3.8, 4) is 0 Å². The molecule has 0 aliphatic carbocycles. The molecule has 0 atom stereocenters. The molecule has 0 spiro atoms. The Kier molecular flexibility index (Phi) is 2.37. The minimum absolute atomic E-state index is 0.949. The highest BCUT2D eigenvalue weighted by Gasteiger charge is 1.92. The van der Waals surface area contributed by atoms with Crippen molar-refractivity contribution >= 4 is 24.4 Å². The summed E-state index contributed by atoms with van der Waals surface area (Å²) >= 11 is 6.72. The van der Waals surface area contributed by atoms with Gasteiger partial charge in [-0.15, -0.1) is 11.8 Å². The molecule has 0 heterocycles. The van der Waals surface area contributed by atoms with E-state index in [0.29, 0.717) is 0 Å². The molecule has 0 fully saturated rings. The Morgan fingerprint density at radius 3 is 2.44 bits per heavy atom. The van der Waals surface area contributed by atoms with E-state index in [0.717, 1.165) is 4.90 Å². The molecule has 1 radical (unpaired) electrons. The molecule has 0 N–H and O–H groups in total. The molecule has 0 amide bonds. The lowest BCUT2D eigenvalue weighted by Crippen LogP contribution is -1.69. The predicted molar refractivity (Wildman–Crippen MR) is 44.1 cm³/mol. The summed E-state index contributed by atoms with van der Waals surface area (Å²) in [5, 5.41) is 0. The van der Waals surface area contributed by atoms with Gasteiger partial charge < -0.3 is 0 Å². The van der Waals surface area contributed by atoms with E-state index < -0.39 is 0 Å². The van der Waals surface area contributed by atoms with E-state index in [1.165, 1.54) is 4.90 Å². The van der Waals surface area contributed by atoms with Crippen molar-refractivity contribution in [2.75, 3.05) is 6.26 Å². The summed E-state index contributed by atoms with van der Waals surface area (Å²) in [6.45, 7) is 0. The van der Waals surface area contributed by atoms with Gasteiger partial charge in [0.1, 0.15) is 0 Å². The summed E-state index contributed by atoms with van der Waals surface area (Å²) in [5.74, 6) is 0. The maximum absolute atomic E-state index is 5.03. The Hall–Kier alpha value is -0.210. The van der Waals surface area contributed by atoms with Crippen LogP contribution >= 0.6 is 24.4 Å². The number of thioether (sulfide) groups is 1. The number of benzene rings is 1. The average Bonchev–Trinajstić information content (AvgIpc) is 1.89. The quantitative estimate of drug-likeness (QED) is 0.562. The maximum atomic E-state index is 5.03. The molecular formula is C7H7S2. The van der Waals surface area contributed by atoms with Crippen molar-refractivity contribution in [3.05, 3.63) is 24.3 Å². The topological polar surface area (TPSA) is 0 Å². The molecule has 0 aliphatic heterocycles. The van der Waals surface area contributed by atoms with E-state index in [4.69, 9.17) is 12.6 Å². The largest absolute Gasteiger partial charge is 0.128 e. The molecule has 47 valence electrons. The molecule has 0 saturated carbocycles. The fourth-order valence-corrected chi connectivity index (χ4v) is 1.50. The second kappa shape index (κ2) is 3.08. The number of hydrogen-bond donors (Lipinski definition) is 0. The third kappa shape index (κ3) is 1.60. The zero-order valence-electron chi connectivity index (χ0n) is 5.13. The van der Waals surface area contributed by atoms with E-state index in [1.807, 2.05) is 30.5 Å². The van der Waals surface area contributed by atoms with E-state index >= 15 is 0 Å². The van der Waals surface area contributed by atoms with Crippen LogP contribution in [0.15, 0.2) is 34.1 Å². The van der Waals surface area contributed by atoms with Gasteiger partial charge in [0.15, 0.2) is 0 Å². The molecule has 0 unspecified atom stereocenters. The van der Waals surface area contributed by atoms with Crippen LogP contribution in [0.3, 0.4) is 0 Å². The summed E-state index contributed by atoms with van der Waals surface area (Å²) in [6, 6.07) is 7.94. The van der Waals surface area contributed by atoms with E-state index in [1.54, 1.807) is 11.8 Å². The van der Waals surface area contributed by atoms with Gasteiger partial charge in [0.2, 0.25) is 0 Å². The SMILES string of the molecule is CSc1ccccc1[S]. The van der Waals surface area contributed by atoms with Crippen molar-refractivity contribution in [1.29, 1.82) is 0 Å². The summed E-state index contributed by atoms with van der Waals surface area (Å²) in [4.78, 5) is 2.14. The summed E-state index contributed by atoms with van der Waals surface area (Å²) in [5.41, 5.74) is 0. The fraction of sp³-hybridized carbons (Fsp3) is 0.143. The first-order valence-corrected chi connectivity index (χ1v) is 4.28. The predicted octanol–water partition coefficient (Wildman–Crippen LogP) is 2.96. The van der Waals surface area contributed by atoms with Crippen LogP contribution in [0.25, 0.3) is 0 Å². The van der Waals surface area contributed by atoms with Gasteiger partial charge in [-0.25, -0.2) is 0 Å². The van der Waals surface area contributed by atoms with Gasteiger partial charge >= 0.3 is 0 Å². The lowest BCUT2D eigenvalue weighted by molar-refractivity contribution is 1.26. The first kappa shape index (κ1) is 6.90. The van der Waals surface area contributed by atoms with Crippen LogP contribution < -0.4 is 0 Å².